The van der Waals surface area contributed by atoms with E-state index in [0.29, 0.717) is 36.6 Å². The van der Waals surface area contributed by atoms with Crippen molar-refractivity contribution in [3.05, 3.63) is 59.5 Å². The van der Waals surface area contributed by atoms with E-state index in [1.807, 2.05) is 49.3 Å². The Morgan fingerprint density at radius 2 is 2.17 bits per heavy atom. The molecule has 2 aromatic rings. The van der Waals surface area contributed by atoms with E-state index in [4.69, 9.17) is 4.74 Å². The number of hydrogen-bond acceptors (Lipinski definition) is 6. The quantitative estimate of drug-likeness (QED) is 0.811. The first kappa shape index (κ1) is 19.2. The van der Waals surface area contributed by atoms with Gasteiger partial charge < -0.3 is 4.74 Å². The van der Waals surface area contributed by atoms with Crippen molar-refractivity contribution in [2.24, 2.45) is 18.0 Å². The topological polar surface area (TPSA) is 84.6 Å². The van der Waals surface area contributed by atoms with Crippen LogP contribution in [0.4, 0.5) is 0 Å². The van der Waals surface area contributed by atoms with Gasteiger partial charge in [-0.25, -0.2) is 0 Å². The normalized spacial score (nSPS) is 22.9. The molecule has 29 heavy (non-hydrogen) atoms. The fourth-order valence-electron chi connectivity index (χ4n) is 3.32. The van der Waals surface area contributed by atoms with Crippen LogP contribution in [0, 0.1) is 12.8 Å². The number of nitrogens with zero attached hydrogens (tertiary/aromatic N) is 5. The summed E-state index contributed by atoms with van der Waals surface area (Å²) in [5.74, 6) is 1.38. The SMILES string of the molecule is Cc1ccc(CN=C2C=C(OC[C@H]3C[C@@H]3c3ccn(C)n3)NN(C)C(=O)C2)cn1. The number of aromatic nitrogens is 3. The molecular weight excluding hydrogens is 368 g/mol. The van der Waals surface area contributed by atoms with E-state index in [2.05, 4.69) is 26.6 Å². The second kappa shape index (κ2) is 8.06. The Hall–Kier alpha value is -3.16. The summed E-state index contributed by atoms with van der Waals surface area (Å²) in [5, 5.41) is 5.93. The molecule has 2 atom stereocenters. The first-order valence-corrected chi connectivity index (χ1v) is 9.80. The molecule has 1 fully saturated rings. The van der Waals surface area contributed by atoms with E-state index in [-0.39, 0.29) is 12.3 Å². The van der Waals surface area contributed by atoms with Crippen LogP contribution in [-0.4, -0.2) is 45.0 Å². The largest absolute Gasteiger partial charge is 0.478 e. The Labute approximate surface area is 170 Å². The van der Waals surface area contributed by atoms with Crippen molar-refractivity contribution in [3.63, 3.8) is 0 Å². The van der Waals surface area contributed by atoms with Crippen molar-refractivity contribution >= 4 is 11.6 Å². The first-order valence-electron chi connectivity index (χ1n) is 9.80. The minimum atomic E-state index is -0.0570. The van der Waals surface area contributed by atoms with E-state index in [0.717, 1.165) is 23.4 Å². The number of hydrazine groups is 1. The molecule has 1 aliphatic heterocycles. The van der Waals surface area contributed by atoms with Crippen LogP contribution in [0.3, 0.4) is 0 Å². The number of amides is 1. The van der Waals surface area contributed by atoms with Crippen LogP contribution in [0.25, 0.3) is 0 Å². The zero-order chi connectivity index (χ0) is 20.4. The van der Waals surface area contributed by atoms with Gasteiger partial charge in [0.15, 0.2) is 0 Å². The summed E-state index contributed by atoms with van der Waals surface area (Å²) < 4.78 is 7.82. The smallest absolute Gasteiger partial charge is 0.246 e. The third-order valence-corrected chi connectivity index (χ3v) is 5.21. The Morgan fingerprint density at radius 1 is 1.31 bits per heavy atom. The highest BCUT2D eigenvalue weighted by Crippen LogP contribution is 2.46. The van der Waals surface area contributed by atoms with Crippen molar-refractivity contribution in [3.8, 4) is 0 Å². The van der Waals surface area contributed by atoms with E-state index in [1.54, 1.807) is 7.05 Å². The zero-order valence-corrected chi connectivity index (χ0v) is 17.0. The van der Waals surface area contributed by atoms with Crippen LogP contribution < -0.4 is 5.43 Å². The summed E-state index contributed by atoms with van der Waals surface area (Å²) in [6, 6.07) is 6.02. The average Bonchev–Trinajstić information content (AvgIpc) is 3.38. The summed E-state index contributed by atoms with van der Waals surface area (Å²) in [6.07, 6.45) is 6.90. The molecule has 0 unspecified atom stereocenters. The monoisotopic (exact) mass is 394 g/mol. The molecule has 0 spiro atoms. The third kappa shape index (κ3) is 4.82. The summed E-state index contributed by atoms with van der Waals surface area (Å²) in [5.41, 5.74) is 6.80. The van der Waals surface area contributed by atoms with Gasteiger partial charge in [-0.15, -0.1) is 0 Å². The van der Waals surface area contributed by atoms with Gasteiger partial charge >= 0.3 is 0 Å². The molecule has 0 bridgehead atoms. The van der Waals surface area contributed by atoms with Gasteiger partial charge in [-0.2, -0.15) is 5.10 Å². The minimum Gasteiger partial charge on any atom is -0.478 e. The fourth-order valence-corrected chi connectivity index (χ4v) is 3.32. The maximum absolute atomic E-state index is 12.3. The average molecular weight is 394 g/mol. The molecule has 1 aliphatic carbocycles. The number of rotatable bonds is 6. The summed E-state index contributed by atoms with van der Waals surface area (Å²) in [4.78, 5) is 21.2. The molecule has 0 saturated heterocycles. The summed E-state index contributed by atoms with van der Waals surface area (Å²) in [7, 11) is 3.62. The number of hydrogen-bond donors (Lipinski definition) is 1. The number of aryl methyl sites for hydroxylation is 2. The Kier molecular flexibility index (Phi) is 5.33. The lowest BCUT2D eigenvalue weighted by Crippen LogP contribution is -2.38. The number of allylic oxidation sites excluding steroid dienone is 1. The van der Waals surface area contributed by atoms with E-state index >= 15 is 0 Å². The molecule has 152 valence electrons. The molecular formula is C21H26N6O2. The van der Waals surface area contributed by atoms with Gasteiger partial charge in [-0.1, -0.05) is 6.07 Å². The van der Waals surface area contributed by atoms with Gasteiger partial charge in [0.25, 0.3) is 0 Å². The molecule has 0 radical (unpaired) electrons. The Bertz CT molecular complexity index is 946. The second-order valence-corrected chi connectivity index (χ2v) is 7.69. The van der Waals surface area contributed by atoms with E-state index < -0.39 is 0 Å². The van der Waals surface area contributed by atoms with E-state index in [9.17, 15) is 4.79 Å². The molecule has 1 N–H and O–H groups in total. The molecule has 4 rings (SSSR count). The number of carbonyl (C=O) groups excluding carboxylic acids is 1. The fraction of sp³-hybridized carbons (Fsp3) is 0.429. The number of nitrogens with one attached hydrogen (secondary N) is 1. The van der Waals surface area contributed by atoms with Gasteiger partial charge in [0.2, 0.25) is 11.8 Å². The standard InChI is InChI=1S/C21H26N6O2/c1-14-4-5-15(11-22-14)12-23-17-9-20(25-27(3)21(28)10-17)29-13-16-8-18(16)19-6-7-26(2)24-19/h4-7,9,11,16,18,25H,8,10,12-13H2,1-3H3/t16-,18+/m1/s1. The lowest BCUT2D eigenvalue weighted by Gasteiger charge is -2.18. The molecule has 2 aromatic heterocycles. The zero-order valence-electron chi connectivity index (χ0n) is 17.0. The highest BCUT2D eigenvalue weighted by molar-refractivity contribution is 6.07. The van der Waals surface area contributed by atoms with Crippen LogP contribution >= 0.6 is 0 Å². The van der Waals surface area contributed by atoms with Crippen LogP contribution in [0.1, 0.15) is 35.7 Å². The van der Waals surface area contributed by atoms with Crippen LogP contribution in [0.5, 0.6) is 0 Å². The predicted molar refractivity (Wildman–Crippen MR) is 109 cm³/mol. The molecule has 3 heterocycles. The maximum atomic E-state index is 12.3. The highest BCUT2D eigenvalue weighted by Gasteiger charge is 2.40. The number of pyridine rings is 1. The number of carbonyl (C=O) groups is 1. The Balaban J connectivity index is 1.39. The molecule has 1 amide bonds. The minimum absolute atomic E-state index is 0.0570. The van der Waals surface area contributed by atoms with Crippen molar-refractivity contribution in [1.82, 2.24) is 25.2 Å². The van der Waals surface area contributed by atoms with Gasteiger partial charge in [0, 0.05) is 55.8 Å². The van der Waals surface area contributed by atoms with Gasteiger partial charge in [-0.3, -0.25) is 29.9 Å². The van der Waals surface area contributed by atoms with Crippen molar-refractivity contribution in [1.29, 1.82) is 0 Å². The lowest BCUT2D eigenvalue weighted by molar-refractivity contribution is -0.131. The van der Waals surface area contributed by atoms with E-state index in [1.165, 1.54) is 5.01 Å². The number of aliphatic imine (C=N–C) groups is 1. The first-order chi connectivity index (χ1) is 14.0. The van der Waals surface area contributed by atoms with Gasteiger partial charge in [-0.05, 0) is 31.0 Å². The third-order valence-electron chi connectivity index (χ3n) is 5.21. The number of ether oxygens (including phenoxy) is 1. The van der Waals surface area contributed by atoms with Gasteiger partial charge in [0.1, 0.15) is 0 Å². The van der Waals surface area contributed by atoms with Crippen molar-refractivity contribution in [2.45, 2.75) is 32.2 Å². The summed E-state index contributed by atoms with van der Waals surface area (Å²) in [6.45, 7) is 3.01. The molecule has 0 aromatic carbocycles. The van der Waals surface area contributed by atoms with Crippen molar-refractivity contribution in [2.75, 3.05) is 13.7 Å². The Morgan fingerprint density at radius 3 is 2.90 bits per heavy atom. The predicted octanol–water partition coefficient (Wildman–Crippen LogP) is 2.09. The van der Waals surface area contributed by atoms with Crippen LogP contribution in [0.2, 0.25) is 0 Å². The highest BCUT2D eigenvalue weighted by atomic mass is 16.5. The van der Waals surface area contributed by atoms with Gasteiger partial charge in [0.05, 0.1) is 25.3 Å². The summed E-state index contributed by atoms with van der Waals surface area (Å²) >= 11 is 0. The second-order valence-electron chi connectivity index (χ2n) is 7.69. The maximum Gasteiger partial charge on any atom is 0.246 e. The lowest BCUT2D eigenvalue weighted by atomic mass is 10.2. The molecule has 1 saturated carbocycles. The van der Waals surface area contributed by atoms with Crippen LogP contribution in [-0.2, 0) is 23.1 Å². The molecule has 8 heteroatoms. The van der Waals surface area contributed by atoms with Crippen LogP contribution in [0.15, 0.2) is 47.5 Å². The molecule has 2 aliphatic rings. The molecule has 8 nitrogen and oxygen atoms in total. The van der Waals surface area contributed by atoms with Crippen molar-refractivity contribution < 1.29 is 9.53 Å².